The molecule has 0 fully saturated rings. The third-order valence-electron chi connectivity index (χ3n) is 6.96. The zero-order valence-electron chi connectivity index (χ0n) is 21.7. The largest absolute Gasteiger partial charge is 0.481 e. The average Bonchev–Trinajstić information content (AvgIpc) is 3.37. The molecule has 208 valence electrons. The molecule has 0 bridgehead atoms. The Morgan fingerprint density at radius 1 is 0.976 bits per heavy atom. The smallest absolute Gasteiger partial charge is 0.270 e. The molecular weight excluding hydrogens is 549 g/mol. The van der Waals surface area contributed by atoms with Crippen LogP contribution in [0.15, 0.2) is 112 Å². The van der Waals surface area contributed by atoms with Crippen LogP contribution in [0.4, 0.5) is 10.1 Å². The van der Waals surface area contributed by atoms with E-state index in [2.05, 4.69) is 5.16 Å². The summed E-state index contributed by atoms with van der Waals surface area (Å²) in [5.41, 5.74) is 7.52. The van der Waals surface area contributed by atoms with Gasteiger partial charge in [0.1, 0.15) is 17.2 Å². The Morgan fingerprint density at radius 2 is 1.61 bits per heavy atom. The Labute approximate surface area is 235 Å². The number of rotatable bonds is 7. The molecule has 0 saturated carbocycles. The van der Waals surface area contributed by atoms with Gasteiger partial charge in [-0.15, -0.1) is 0 Å². The van der Waals surface area contributed by atoms with Gasteiger partial charge < -0.3 is 15.7 Å². The quantitative estimate of drug-likeness (QED) is 0.0691. The van der Waals surface area contributed by atoms with E-state index in [4.69, 9.17) is 15.7 Å². The van der Waals surface area contributed by atoms with Crippen molar-refractivity contribution in [1.82, 2.24) is 0 Å². The predicted octanol–water partition coefficient (Wildman–Crippen LogP) is 5.97. The van der Waals surface area contributed by atoms with Crippen LogP contribution in [0.2, 0.25) is 0 Å². The first-order valence-corrected chi connectivity index (χ1v) is 13.9. The minimum atomic E-state index is -4.09. The second kappa shape index (κ2) is 10.5. The Kier molecular flexibility index (Phi) is 7.06. The Morgan fingerprint density at radius 3 is 2.22 bits per heavy atom. The molecule has 1 atom stereocenters. The summed E-state index contributed by atoms with van der Waals surface area (Å²) in [6, 6.07) is 24.4. The van der Waals surface area contributed by atoms with Crippen LogP contribution in [-0.4, -0.2) is 24.4 Å². The summed E-state index contributed by atoms with van der Waals surface area (Å²) >= 11 is 0. The van der Waals surface area contributed by atoms with Gasteiger partial charge in [0.2, 0.25) is 9.84 Å². The van der Waals surface area contributed by atoms with Crippen molar-refractivity contribution >= 4 is 27.1 Å². The fourth-order valence-corrected chi connectivity index (χ4v) is 6.37. The molecule has 0 radical (unpaired) electrons. The van der Waals surface area contributed by atoms with Crippen LogP contribution in [0, 0.1) is 15.9 Å². The monoisotopic (exact) mass is 573 g/mol. The molecule has 0 aromatic heterocycles. The van der Waals surface area contributed by atoms with Crippen molar-refractivity contribution < 1.29 is 27.7 Å². The molecule has 1 heterocycles. The molecule has 9 nitrogen and oxygen atoms in total. The Hall–Kier alpha value is -5.03. The van der Waals surface area contributed by atoms with Crippen molar-refractivity contribution in [2.24, 2.45) is 10.9 Å². The van der Waals surface area contributed by atoms with Gasteiger partial charge in [-0.2, -0.15) is 0 Å². The molecule has 0 saturated heterocycles. The summed E-state index contributed by atoms with van der Waals surface area (Å²) in [5.74, 6) is -0.537. The molecule has 0 amide bonds. The first kappa shape index (κ1) is 27.5. The van der Waals surface area contributed by atoms with Crippen LogP contribution in [0.25, 0.3) is 16.9 Å². The summed E-state index contributed by atoms with van der Waals surface area (Å²) in [6.45, 7) is 1.77. The van der Waals surface area contributed by atoms with Crippen molar-refractivity contribution in [3.05, 3.63) is 135 Å². The number of nitrogens with zero attached hydrogens (tertiary/aromatic N) is 2. The first-order chi connectivity index (χ1) is 19.5. The lowest BCUT2D eigenvalue weighted by Crippen LogP contribution is -2.21. The van der Waals surface area contributed by atoms with E-state index in [1.165, 1.54) is 24.3 Å². The molecule has 3 N–H and O–H groups in total. The van der Waals surface area contributed by atoms with Gasteiger partial charge in [0.25, 0.3) is 5.69 Å². The molecule has 0 aliphatic carbocycles. The third kappa shape index (κ3) is 5.27. The summed E-state index contributed by atoms with van der Waals surface area (Å²) in [4.78, 5) is 10.7. The minimum Gasteiger partial charge on any atom is -0.481 e. The summed E-state index contributed by atoms with van der Waals surface area (Å²) in [7, 11) is -4.09. The lowest BCUT2D eigenvalue weighted by Gasteiger charge is -2.26. The van der Waals surface area contributed by atoms with E-state index in [1.807, 2.05) is 0 Å². The maximum Gasteiger partial charge on any atom is 0.270 e. The second-order valence-electron chi connectivity index (χ2n) is 9.67. The van der Waals surface area contributed by atoms with E-state index >= 15 is 0 Å². The van der Waals surface area contributed by atoms with E-state index in [-0.39, 0.29) is 33.5 Å². The Bertz CT molecular complexity index is 1800. The highest BCUT2D eigenvalue weighted by Gasteiger charge is 2.44. The van der Waals surface area contributed by atoms with Gasteiger partial charge >= 0.3 is 0 Å². The van der Waals surface area contributed by atoms with Gasteiger partial charge in [-0.1, -0.05) is 65.8 Å². The van der Waals surface area contributed by atoms with E-state index < -0.39 is 26.2 Å². The van der Waals surface area contributed by atoms with E-state index in [0.29, 0.717) is 22.3 Å². The van der Waals surface area contributed by atoms with E-state index in [0.717, 1.165) is 17.7 Å². The number of benzene rings is 4. The number of halogens is 1. The molecule has 11 heteroatoms. The molecule has 1 unspecified atom stereocenters. The van der Waals surface area contributed by atoms with Crippen molar-refractivity contribution in [2.45, 2.75) is 23.8 Å². The SMILES string of the molecule is CC1(c2ccc(-c3cccc([N+](=O)[O-])c3)cc2)CC(S(=O)(=O)c2ccc(F)cc2)=C(c2ccc(/C(N)=N\O)cc2)O1. The number of nitrogens with two attached hydrogens (primary N) is 1. The van der Waals surface area contributed by atoms with E-state index in [1.54, 1.807) is 67.6 Å². The third-order valence-corrected chi connectivity index (χ3v) is 8.83. The van der Waals surface area contributed by atoms with Crippen molar-refractivity contribution in [2.75, 3.05) is 0 Å². The fourth-order valence-electron chi connectivity index (χ4n) is 4.72. The van der Waals surface area contributed by atoms with Gasteiger partial charge in [0.05, 0.1) is 14.7 Å². The maximum absolute atomic E-state index is 13.8. The highest BCUT2D eigenvalue weighted by atomic mass is 32.2. The summed E-state index contributed by atoms with van der Waals surface area (Å²) in [5, 5.41) is 23.2. The zero-order chi connectivity index (χ0) is 29.4. The lowest BCUT2D eigenvalue weighted by molar-refractivity contribution is -0.384. The number of oxime groups is 1. The highest BCUT2D eigenvalue weighted by Crippen LogP contribution is 2.48. The molecule has 41 heavy (non-hydrogen) atoms. The van der Waals surface area contributed by atoms with Gasteiger partial charge in [0.15, 0.2) is 5.84 Å². The highest BCUT2D eigenvalue weighted by molar-refractivity contribution is 7.95. The number of ether oxygens (including phenoxy) is 1. The molecule has 1 aliphatic rings. The standard InChI is InChI=1S/C30H24FN3O6S/c1-30(23-11-9-19(10-12-23)22-3-2-4-25(17-22)34(36)37)18-27(41(38,39)26-15-13-24(31)14-16-26)28(40-30)20-5-7-21(8-6-20)29(32)33-35/h2-17,35H,18H2,1H3,(H2,32,33). The van der Waals surface area contributed by atoms with Crippen LogP contribution in [-0.2, 0) is 20.2 Å². The zero-order valence-corrected chi connectivity index (χ0v) is 22.5. The molecule has 1 aliphatic heterocycles. The summed E-state index contributed by atoms with van der Waals surface area (Å²) < 4.78 is 47.6. The molecule has 4 aromatic carbocycles. The van der Waals surface area contributed by atoms with Gasteiger partial charge in [-0.25, -0.2) is 12.8 Å². The van der Waals surface area contributed by atoms with Crippen LogP contribution in [0.1, 0.15) is 30.0 Å². The summed E-state index contributed by atoms with van der Waals surface area (Å²) in [6.07, 6.45) is -0.0137. The number of sulfone groups is 1. The molecule has 5 rings (SSSR count). The van der Waals surface area contributed by atoms with Crippen molar-refractivity contribution in [1.29, 1.82) is 0 Å². The average molecular weight is 574 g/mol. The fraction of sp³-hybridized carbons (Fsp3) is 0.100. The van der Waals surface area contributed by atoms with Crippen LogP contribution >= 0.6 is 0 Å². The number of nitro benzene ring substituents is 1. The van der Waals surface area contributed by atoms with Crippen molar-refractivity contribution in [3.8, 4) is 11.1 Å². The molecule has 0 spiro atoms. The van der Waals surface area contributed by atoms with E-state index in [9.17, 15) is 22.9 Å². The topological polar surface area (TPSA) is 145 Å². The Balaban J connectivity index is 1.55. The van der Waals surface area contributed by atoms with Crippen LogP contribution in [0.3, 0.4) is 0 Å². The number of hydrogen-bond donors (Lipinski definition) is 2. The predicted molar refractivity (Wildman–Crippen MR) is 151 cm³/mol. The number of amidine groups is 1. The molecule has 4 aromatic rings. The van der Waals surface area contributed by atoms with Gasteiger partial charge in [0, 0.05) is 29.7 Å². The van der Waals surface area contributed by atoms with Crippen LogP contribution < -0.4 is 5.73 Å². The van der Waals surface area contributed by atoms with Crippen molar-refractivity contribution in [3.63, 3.8) is 0 Å². The van der Waals surface area contributed by atoms with Gasteiger partial charge in [-0.05, 0) is 47.9 Å². The lowest BCUT2D eigenvalue weighted by atomic mass is 9.91. The second-order valence-corrected chi connectivity index (χ2v) is 11.6. The molecular formula is C30H24FN3O6S. The maximum atomic E-state index is 13.8. The normalized spacial score (nSPS) is 17.4. The minimum absolute atomic E-state index is 0.0137. The number of non-ortho nitro benzene ring substituents is 1. The van der Waals surface area contributed by atoms with Gasteiger partial charge in [-0.3, -0.25) is 10.1 Å². The number of nitro groups is 1. The van der Waals surface area contributed by atoms with Crippen LogP contribution in [0.5, 0.6) is 0 Å². The number of hydrogen-bond acceptors (Lipinski definition) is 7. The first-order valence-electron chi connectivity index (χ1n) is 12.4.